The predicted octanol–water partition coefficient (Wildman–Crippen LogP) is 1.64. The van der Waals surface area contributed by atoms with E-state index in [1.165, 1.54) is 18.4 Å². The van der Waals surface area contributed by atoms with Gasteiger partial charge in [0, 0.05) is 19.5 Å². The molecule has 1 aliphatic heterocycles. The van der Waals surface area contributed by atoms with Gasteiger partial charge >= 0.3 is 0 Å². The molecular weight excluding hydrogens is 174 g/mol. The van der Waals surface area contributed by atoms with Crippen LogP contribution in [0.25, 0.3) is 0 Å². The SMILES string of the molecule is OC(Cc1ccccc1)N1CCCC1. The number of hydrogen-bond acceptors (Lipinski definition) is 2. The highest BCUT2D eigenvalue weighted by Gasteiger charge is 2.19. The van der Waals surface area contributed by atoms with Crippen molar-refractivity contribution in [1.29, 1.82) is 0 Å². The number of hydrogen-bond donors (Lipinski definition) is 1. The summed E-state index contributed by atoms with van der Waals surface area (Å²) >= 11 is 0. The highest BCUT2D eigenvalue weighted by Crippen LogP contribution is 2.13. The van der Waals surface area contributed by atoms with Gasteiger partial charge in [0.15, 0.2) is 0 Å². The minimum Gasteiger partial charge on any atom is -0.378 e. The summed E-state index contributed by atoms with van der Waals surface area (Å²) in [7, 11) is 0. The van der Waals surface area contributed by atoms with Crippen molar-refractivity contribution in [2.45, 2.75) is 25.5 Å². The third kappa shape index (κ3) is 2.34. The summed E-state index contributed by atoms with van der Waals surface area (Å²) in [6, 6.07) is 10.2. The van der Waals surface area contributed by atoms with E-state index in [9.17, 15) is 5.11 Å². The van der Waals surface area contributed by atoms with E-state index in [0.29, 0.717) is 0 Å². The quantitative estimate of drug-likeness (QED) is 0.785. The standard InChI is InChI=1S/C12H17NO/c14-12(13-8-4-5-9-13)10-11-6-2-1-3-7-11/h1-3,6-7,12,14H,4-5,8-10H2. The van der Waals surface area contributed by atoms with Crippen molar-refractivity contribution in [2.24, 2.45) is 0 Å². The van der Waals surface area contributed by atoms with E-state index in [-0.39, 0.29) is 6.23 Å². The zero-order chi connectivity index (χ0) is 9.80. The van der Waals surface area contributed by atoms with Crippen LogP contribution in [-0.2, 0) is 6.42 Å². The molecule has 1 N–H and O–H groups in total. The molecule has 76 valence electrons. The van der Waals surface area contributed by atoms with Crippen LogP contribution in [-0.4, -0.2) is 29.3 Å². The Hall–Kier alpha value is -0.860. The molecule has 0 aliphatic carbocycles. The van der Waals surface area contributed by atoms with Crippen LogP contribution in [0.1, 0.15) is 18.4 Å². The van der Waals surface area contributed by atoms with Gasteiger partial charge in [-0.05, 0) is 18.4 Å². The number of rotatable bonds is 3. The molecule has 0 spiro atoms. The molecule has 0 aromatic heterocycles. The van der Waals surface area contributed by atoms with E-state index in [1.54, 1.807) is 0 Å². The maximum atomic E-state index is 9.93. The summed E-state index contributed by atoms with van der Waals surface area (Å²) in [5.41, 5.74) is 1.21. The molecule has 0 amide bonds. The number of likely N-dealkylation sites (tertiary alicyclic amines) is 1. The van der Waals surface area contributed by atoms with Gasteiger partial charge in [-0.2, -0.15) is 0 Å². The van der Waals surface area contributed by atoms with Crippen LogP contribution in [0.2, 0.25) is 0 Å². The van der Waals surface area contributed by atoms with Gasteiger partial charge in [-0.1, -0.05) is 30.3 Å². The zero-order valence-electron chi connectivity index (χ0n) is 8.39. The molecule has 14 heavy (non-hydrogen) atoms. The highest BCUT2D eigenvalue weighted by atomic mass is 16.3. The monoisotopic (exact) mass is 191 g/mol. The topological polar surface area (TPSA) is 23.5 Å². The second kappa shape index (κ2) is 4.58. The normalized spacial score (nSPS) is 19.8. The van der Waals surface area contributed by atoms with E-state index < -0.39 is 0 Å². The Bertz CT molecular complexity index is 267. The summed E-state index contributed by atoms with van der Waals surface area (Å²) in [6.45, 7) is 2.10. The first-order valence-electron chi connectivity index (χ1n) is 5.32. The molecule has 2 nitrogen and oxygen atoms in total. The Labute approximate surface area is 85.2 Å². The molecule has 0 saturated carbocycles. The van der Waals surface area contributed by atoms with Crippen LogP contribution in [0.4, 0.5) is 0 Å². The van der Waals surface area contributed by atoms with E-state index in [4.69, 9.17) is 0 Å². The Morgan fingerprint density at radius 3 is 2.43 bits per heavy atom. The summed E-state index contributed by atoms with van der Waals surface area (Å²) in [5.74, 6) is 0. The molecule has 1 aromatic carbocycles. The molecule has 0 bridgehead atoms. The van der Waals surface area contributed by atoms with Crippen LogP contribution in [0.5, 0.6) is 0 Å². The zero-order valence-corrected chi connectivity index (χ0v) is 8.39. The van der Waals surface area contributed by atoms with Crippen LogP contribution >= 0.6 is 0 Å². The van der Waals surface area contributed by atoms with Crippen LogP contribution in [0, 0.1) is 0 Å². The first kappa shape index (κ1) is 9.69. The molecule has 1 fully saturated rings. The van der Waals surface area contributed by atoms with Gasteiger partial charge in [0.2, 0.25) is 0 Å². The number of aliphatic hydroxyl groups excluding tert-OH is 1. The van der Waals surface area contributed by atoms with E-state index >= 15 is 0 Å². The lowest BCUT2D eigenvalue weighted by Crippen LogP contribution is -2.34. The lowest BCUT2D eigenvalue weighted by molar-refractivity contribution is 0.0213. The van der Waals surface area contributed by atoms with Crippen LogP contribution < -0.4 is 0 Å². The molecule has 1 saturated heterocycles. The summed E-state index contributed by atoms with van der Waals surface area (Å²) < 4.78 is 0. The van der Waals surface area contributed by atoms with Gasteiger partial charge in [-0.15, -0.1) is 0 Å². The summed E-state index contributed by atoms with van der Waals surface area (Å²) in [5, 5.41) is 9.93. The minimum atomic E-state index is -0.292. The largest absolute Gasteiger partial charge is 0.378 e. The van der Waals surface area contributed by atoms with Crippen molar-refractivity contribution in [1.82, 2.24) is 4.90 Å². The Kier molecular flexibility index (Phi) is 3.17. The Morgan fingerprint density at radius 2 is 1.79 bits per heavy atom. The van der Waals surface area contributed by atoms with E-state index in [1.807, 2.05) is 18.2 Å². The third-order valence-electron chi connectivity index (χ3n) is 2.82. The smallest absolute Gasteiger partial charge is 0.111 e. The first-order chi connectivity index (χ1) is 6.86. The number of nitrogens with zero attached hydrogens (tertiary/aromatic N) is 1. The first-order valence-corrected chi connectivity index (χ1v) is 5.32. The van der Waals surface area contributed by atoms with Crippen molar-refractivity contribution in [3.63, 3.8) is 0 Å². The van der Waals surface area contributed by atoms with Crippen LogP contribution in [0.3, 0.4) is 0 Å². The summed E-state index contributed by atoms with van der Waals surface area (Å²) in [6.07, 6.45) is 2.92. The minimum absolute atomic E-state index is 0.292. The third-order valence-corrected chi connectivity index (χ3v) is 2.82. The van der Waals surface area contributed by atoms with Gasteiger partial charge < -0.3 is 5.11 Å². The van der Waals surface area contributed by atoms with Gasteiger partial charge in [0.05, 0.1) is 0 Å². The fraction of sp³-hybridized carbons (Fsp3) is 0.500. The number of benzene rings is 1. The molecule has 2 heteroatoms. The lowest BCUT2D eigenvalue weighted by atomic mass is 10.1. The van der Waals surface area contributed by atoms with Crippen molar-refractivity contribution < 1.29 is 5.11 Å². The second-order valence-electron chi connectivity index (χ2n) is 3.91. The van der Waals surface area contributed by atoms with Gasteiger partial charge in [0.1, 0.15) is 6.23 Å². The molecular formula is C12H17NO. The van der Waals surface area contributed by atoms with E-state index in [0.717, 1.165) is 19.5 Å². The molecule has 1 unspecified atom stereocenters. The van der Waals surface area contributed by atoms with Gasteiger partial charge in [-0.3, -0.25) is 4.90 Å². The number of aliphatic hydroxyl groups is 1. The molecule has 0 radical (unpaired) electrons. The molecule has 2 rings (SSSR count). The van der Waals surface area contributed by atoms with E-state index in [2.05, 4.69) is 17.0 Å². The van der Waals surface area contributed by atoms with Crippen molar-refractivity contribution in [3.8, 4) is 0 Å². The Balaban J connectivity index is 1.90. The highest BCUT2D eigenvalue weighted by molar-refractivity contribution is 5.15. The lowest BCUT2D eigenvalue weighted by Gasteiger charge is -2.22. The van der Waals surface area contributed by atoms with Gasteiger partial charge in [0.25, 0.3) is 0 Å². The summed E-state index contributed by atoms with van der Waals surface area (Å²) in [4.78, 5) is 2.16. The molecule has 1 atom stereocenters. The van der Waals surface area contributed by atoms with Gasteiger partial charge in [-0.25, -0.2) is 0 Å². The molecule has 1 aliphatic rings. The van der Waals surface area contributed by atoms with Crippen molar-refractivity contribution >= 4 is 0 Å². The van der Waals surface area contributed by atoms with Crippen molar-refractivity contribution in [3.05, 3.63) is 35.9 Å². The molecule has 1 aromatic rings. The fourth-order valence-corrected chi connectivity index (χ4v) is 1.99. The molecule has 1 heterocycles. The predicted molar refractivity (Wildman–Crippen MR) is 57.0 cm³/mol. The second-order valence-corrected chi connectivity index (χ2v) is 3.91. The van der Waals surface area contributed by atoms with Crippen molar-refractivity contribution in [2.75, 3.05) is 13.1 Å². The fourth-order valence-electron chi connectivity index (χ4n) is 1.99. The maximum absolute atomic E-state index is 9.93. The maximum Gasteiger partial charge on any atom is 0.111 e. The average molecular weight is 191 g/mol. The van der Waals surface area contributed by atoms with Crippen LogP contribution in [0.15, 0.2) is 30.3 Å². The average Bonchev–Trinajstić information content (AvgIpc) is 2.72. The Morgan fingerprint density at radius 1 is 1.14 bits per heavy atom.